The molecule has 0 saturated carbocycles. The van der Waals surface area contributed by atoms with E-state index in [0.717, 1.165) is 38.5 Å². The van der Waals surface area contributed by atoms with E-state index in [1.807, 2.05) is 0 Å². The number of halogens is 1. The molecule has 0 amide bonds. The van der Waals surface area contributed by atoms with Crippen LogP contribution < -0.4 is 28.4 Å². The second-order valence-corrected chi connectivity index (χ2v) is 13.9. The highest BCUT2D eigenvalue weighted by atomic mass is 79.9. The quantitative estimate of drug-likeness (QED) is 0.0425. The molecule has 10 nitrogen and oxygen atoms in total. The van der Waals surface area contributed by atoms with Crippen LogP contribution >= 0.6 is 15.9 Å². The Morgan fingerprint density at radius 3 is 1.14 bits per heavy atom. The fourth-order valence-electron chi connectivity index (χ4n) is 5.43. The molecule has 11 heteroatoms. The summed E-state index contributed by atoms with van der Waals surface area (Å²) in [5.74, 6) is -0.129. The summed E-state index contributed by atoms with van der Waals surface area (Å²) >= 11 is 3.34. The van der Waals surface area contributed by atoms with Gasteiger partial charge in [-0.15, -0.1) is 0 Å². The normalized spacial score (nSPS) is 10.6. The SMILES string of the molecule is CCCCCCOc1ccc(OC(=O)c2ccc(OC(=O)c3ccc(Br)c(C(=O)Oc4ccc(C(=O)Oc5ccc(OCCCCCC)cc5)cc4)c3)cc2)cc1. The lowest BCUT2D eigenvalue weighted by molar-refractivity contribution is 0.0722. The van der Waals surface area contributed by atoms with Crippen molar-refractivity contribution in [3.8, 4) is 34.5 Å². The molecule has 0 aliphatic heterocycles. The molecule has 0 radical (unpaired) electrons. The number of carbonyl (C=O) groups is 4. The second-order valence-electron chi connectivity index (χ2n) is 13.1. The standard InChI is InChI=1S/C46H45BrO10/c1-3-5-7-9-29-52-35-20-24-39(25-21-35)54-43(48)32-11-16-37(17-12-32)56-45(50)34-15-28-42(47)41(31-34)46(51)57-38-18-13-33(14-19-38)44(49)55-40-26-22-36(23-27-40)53-30-10-8-6-4-2/h11-28,31H,3-10,29-30H2,1-2H3. The molecule has 0 atom stereocenters. The van der Waals surface area contributed by atoms with Gasteiger partial charge in [-0.2, -0.15) is 0 Å². The number of unbranched alkanes of at least 4 members (excludes halogenated alkanes) is 6. The maximum Gasteiger partial charge on any atom is 0.344 e. The fraction of sp³-hybridized carbons (Fsp3) is 0.261. The number of rotatable bonds is 20. The van der Waals surface area contributed by atoms with E-state index >= 15 is 0 Å². The fourth-order valence-corrected chi connectivity index (χ4v) is 5.84. The van der Waals surface area contributed by atoms with Gasteiger partial charge in [0.1, 0.15) is 34.5 Å². The molecule has 0 N–H and O–H groups in total. The van der Waals surface area contributed by atoms with Crippen molar-refractivity contribution in [1.29, 1.82) is 0 Å². The lowest BCUT2D eigenvalue weighted by Crippen LogP contribution is -2.14. The van der Waals surface area contributed by atoms with Crippen LogP contribution in [0.4, 0.5) is 0 Å². The van der Waals surface area contributed by atoms with E-state index in [1.165, 1.54) is 79.6 Å². The molecule has 5 aromatic carbocycles. The van der Waals surface area contributed by atoms with Gasteiger partial charge in [0.15, 0.2) is 0 Å². The Morgan fingerprint density at radius 2 is 0.737 bits per heavy atom. The van der Waals surface area contributed by atoms with Gasteiger partial charge in [-0.1, -0.05) is 52.4 Å². The molecule has 57 heavy (non-hydrogen) atoms. The Balaban J connectivity index is 1.09. The molecule has 0 aliphatic carbocycles. The molecule has 0 bridgehead atoms. The van der Waals surface area contributed by atoms with Crippen molar-refractivity contribution in [2.45, 2.75) is 65.2 Å². The first-order chi connectivity index (χ1) is 27.7. The summed E-state index contributed by atoms with van der Waals surface area (Å²) in [6, 6.07) is 29.9. The summed E-state index contributed by atoms with van der Waals surface area (Å²) in [6.45, 7) is 5.59. The van der Waals surface area contributed by atoms with Crippen molar-refractivity contribution in [2.75, 3.05) is 13.2 Å². The van der Waals surface area contributed by atoms with Crippen LogP contribution in [-0.2, 0) is 0 Å². The number of hydrogen-bond donors (Lipinski definition) is 0. The Hall–Kier alpha value is -5.94. The number of esters is 4. The molecule has 0 aromatic heterocycles. The highest BCUT2D eigenvalue weighted by Gasteiger charge is 2.19. The largest absolute Gasteiger partial charge is 0.494 e. The summed E-state index contributed by atoms with van der Waals surface area (Å²) < 4.78 is 33.9. The maximum atomic E-state index is 13.1. The van der Waals surface area contributed by atoms with Crippen LogP contribution in [0.25, 0.3) is 0 Å². The van der Waals surface area contributed by atoms with Crippen LogP contribution in [0.5, 0.6) is 34.5 Å². The van der Waals surface area contributed by atoms with Gasteiger partial charge >= 0.3 is 23.9 Å². The molecule has 5 rings (SSSR count). The van der Waals surface area contributed by atoms with Gasteiger partial charge in [-0.05, 0) is 144 Å². The van der Waals surface area contributed by atoms with E-state index in [0.29, 0.717) is 40.7 Å². The Labute approximate surface area is 341 Å². The number of benzene rings is 5. The molecule has 0 spiro atoms. The van der Waals surface area contributed by atoms with E-state index in [4.69, 9.17) is 28.4 Å². The van der Waals surface area contributed by atoms with Crippen molar-refractivity contribution in [2.24, 2.45) is 0 Å². The van der Waals surface area contributed by atoms with E-state index < -0.39 is 23.9 Å². The van der Waals surface area contributed by atoms with Gasteiger partial charge in [0, 0.05) is 4.47 Å². The first-order valence-electron chi connectivity index (χ1n) is 19.1. The lowest BCUT2D eigenvalue weighted by Gasteiger charge is -2.10. The van der Waals surface area contributed by atoms with Gasteiger partial charge in [-0.25, -0.2) is 19.2 Å². The van der Waals surface area contributed by atoms with Gasteiger partial charge in [0.05, 0.1) is 35.5 Å². The van der Waals surface area contributed by atoms with Crippen LogP contribution in [0.2, 0.25) is 0 Å². The molecular weight excluding hydrogens is 792 g/mol. The van der Waals surface area contributed by atoms with Gasteiger partial charge in [0.2, 0.25) is 0 Å². The van der Waals surface area contributed by atoms with Crippen molar-refractivity contribution in [3.63, 3.8) is 0 Å². The Bertz CT molecular complexity index is 2080. The summed E-state index contributed by atoms with van der Waals surface area (Å²) in [5.41, 5.74) is 0.678. The van der Waals surface area contributed by atoms with Crippen LogP contribution in [0.1, 0.15) is 107 Å². The molecule has 0 aliphatic rings. The molecule has 0 fully saturated rings. The van der Waals surface area contributed by atoms with Crippen LogP contribution in [-0.4, -0.2) is 37.1 Å². The number of hydrogen-bond acceptors (Lipinski definition) is 10. The van der Waals surface area contributed by atoms with Gasteiger partial charge < -0.3 is 28.4 Å². The van der Waals surface area contributed by atoms with Gasteiger partial charge in [0.25, 0.3) is 0 Å². The summed E-state index contributed by atoms with van der Waals surface area (Å²) in [4.78, 5) is 51.6. The summed E-state index contributed by atoms with van der Waals surface area (Å²) in [6.07, 6.45) is 8.91. The first-order valence-corrected chi connectivity index (χ1v) is 19.9. The molecule has 5 aromatic rings. The van der Waals surface area contributed by atoms with Crippen LogP contribution in [0, 0.1) is 0 Å². The van der Waals surface area contributed by atoms with Crippen LogP contribution in [0.15, 0.2) is 120 Å². The zero-order valence-corrected chi connectivity index (χ0v) is 33.6. The predicted molar refractivity (Wildman–Crippen MR) is 219 cm³/mol. The maximum absolute atomic E-state index is 13.1. The highest BCUT2D eigenvalue weighted by Crippen LogP contribution is 2.25. The minimum Gasteiger partial charge on any atom is -0.494 e. The average Bonchev–Trinajstić information content (AvgIpc) is 3.22. The second kappa shape index (κ2) is 22.0. The van der Waals surface area contributed by atoms with E-state index in [-0.39, 0.29) is 33.8 Å². The van der Waals surface area contributed by atoms with Crippen LogP contribution in [0.3, 0.4) is 0 Å². The van der Waals surface area contributed by atoms with Crippen molar-refractivity contribution >= 4 is 39.8 Å². The summed E-state index contributed by atoms with van der Waals surface area (Å²) in [7, 11) is 0. The Morgan fingerprint density at radius 1 is 0.404 bits per heavy atom. The third kappa shape index (κ3) is 13.4. The minimum atomic E-state index is -0.744. The first kappa shape index (κ1) is 42.2. The molecule has 0 heterocycles. The minimum absolute atomic E-state index is 0.0750. The van der Waals surface area contributed by atoms with Crippen molar-refractivity contribution < 1.29 is 47.6 Å². The van der Waals surface area contributed by atoms with Crippen molar-refractivity contribution in [3.05, 3.63) is 142 Å². The van der Waals surface area contributed by atoms with E-state index in [1.54, 1.807) is 48.5 Å². The molecule has 296 valence electrons. The summed E-state index contributed by atoms with van der Waals surface area (Å²) in [5, 5.41) is 0. The van der Waals surface area contributed by atoms with Crippen molar-refractivity contribution in [1.82, 2.24) is 0 Å². The topological polar surface area (TPSA) is 124 Å². The number of carbonyl (C=O) groups excluding carboxylic acids is 4. The third-order valence-electron chi connectivity index (χ3n) is 8.62. The smallest absolute Gasteiger partial charge is 0.344 e. The predicted octanol–water partition coefficient (Wildman–Crippen LogP) is 11.2. The zero-order valence-electron chi connectivity index (χ0n) is 32.0. The monoisotopic (exact) mass is 836 g/mol. The van der Waals surface area contributed by atoms with E-state index in [2.05, 4.69) is 29.8 Å². The molecule has 0 saturated heterocycles. The Kier molecular flexibility index (Phi) is 16.3. The molecular formula is C46H45BrO10. The van der Waals surface area contributed by atoms with E-state index in [9.17, 15) is 19.2 Å². The zero-order chi connectivity index (χ0) is 40.4. The molecule has 0 unspecified atom stereocenters. The number of ether oxygens (including phenoxy) is 6. The highest BCUT2D eigenvalue weighted by molar-refractivity contribution is 9.10. The average molecular weight is 838 g/mol. The third-order valence-corrected chi connectivity index (χ3v) is 9.32. The van der Waals surface area contributed by atoms with Gasteiger partial charge in [-0.3, -0.25) is 0 Å². The lowest BCUT2D eigenvalue weighted by atomic mass is 10.1.